The molecule has 0 unspecified atom stereocenters. The number of hydrogen-bond acceptors (Lipinski definition) is 7. The molecule has 1 aliphatic heterocycles. The van der Waals surface area contributed by atoms with Crippen molar-refractivity contribution in [3.05, 3.63) is 41.7 Å². The van der Waals surface area contributed by atoms with Gasteiger partial charge in [0.15, 0.2) is 17.4 Å². The number of oxazole rings is 1. The molecule has 4 rings (SSSR count). The number of carbonyl (C=O) groups excluding carboxylic acids is 1. The van der Waals surface area contributed by atoms with Gasteiger partial charge in [-0.3, -0.25) is 9.78 Å². The first-order valence-corrected chi connectivity index (χ1v) is 8.80. The molecule has 8 nitrogen and oxygen atoms in total. The fourth-order valence-electron chi connectivity index (χ4n) is 3.31. The Morgan fingerprint density at radius 2 is 2.04 bits per heavy atom. The smallest absolute Gasteiger partial charge is 0.278 e. The molecule has 8 heteroatoms. The molecule has 27 heavy (non-hydrogen) atoms. The Labute approximate surface area is 155 Å². The third kappa shape index (κ3) is 3.48. The molecule has 3 heterocycles. The molecule has 1 N–H and O–H groups in total. The van der Waals surface area contributed by atoms with Crippen molar-refractivity contribution in [1.29, 1.82) is 0 Å². The van der Waals surface area contributed by atoms with Crippen LogP contribution >= 0.6 is 0 Å². The maximum absolute atomic E-state index is 12.3. The minimum atomic E-state index is -0.403. The zero-order chi connectivity index (χ0) is 18.8. The van der Waals surface area contributed by atoms with Gasteiger partial charge in [-0.15, -0.1) is 0 Å². The third-order valence-electron chi connectivity index (χ3n) is 4.67. The minimum absolute atomic E-state index is 0.192. The van der Waals surface area contributed by atoms with Crippen LogP contribution in [0.5, 0.6) is 5.75 Å². The molecule has 1 aliphatic rings. The van der Waals surface area contributed by atoms with Crippen LogP contribution in [0.2, 0.25) is 0 Å². The van der Waals surface area contributed by atoms with Crippen molar-refractivity contribution in [2.75, 3.05) is 25.6 Å². The molecular formula is C19H20N4O4. The van der Waals surface area contributed by atoms with E-state index in [9.17, 15) is 4.79 Å². The maximum atomic E-state index is 12.3. The number of benzene rings is 1. The molecule has 2 aromatic heterocycles. The first-order valence-electron chi connectivity index (χ1n) is 8.80. The molecule has 0 bridgehead atoms. The molecule has 140 valence electrons. The highest BCUT2D eigenvalue weighted by Crippen LogP contribution is 2.35. The number of fused-ring (bicyclic) bond motifs is 1. The molecule has 1 fully saturated rings. The highest BCUT2D eigenvalue weighted by atomic mass is 16.5. The number of nitrogens with one attached hydrogen (secondary N) is 1. The van der Waals surface area contributed by atoms with E-state index in [2.05, 4.69) is 20.3 Å². The zero-order valence-electron chi connectivity index (χ0n) is 15.2. The number of amides is 1. The van der Waals surface area contributed by atoms with Crippen molar-refractivity contribution in [3.8, 4) is 5.75 Å². The van der Waals surface area contributed by atoms with Gasteiger partial charge in [-0.1, -0.05) is 6.07 Å². The Morgan fingerprint density at radius 1 is 1.22 bits per heavy atom. The van der Waals surface area contributed by atoms with E-state index < -0.39 is 5.91 Å². The highest BCUT2D eigenvalue weighted by molar-refractivity contribution is 6.02. The Hall–Kier alpha value is -3.00. The zero-order valence-corrected chi connectivity index (χ0v) is 15.2. The van der Waals surface area contributed by atoms with Crippen LogP contribution in [-0.2, 0) is 4.74 Å². The fraction of sp³-hybridized carbons (Fsp3) is 0.368. The van der Waals surface area contributed by atoms with Crippen molar-refractivity contribution >= 4 is 22.8 Å². The summed E-state index contributed by atoms with van der Waals surface area (Å²) in [6.07, 6.45) is 4.76. The summed E-state index contributed by atoms with van der Waals surface area (Å²) in [5.41, 5.74) is 2.73. The number of rotatable bonds is 4. The van der Waals surface area contributed by atoms with E-state index >= 15 is 0 Å². The Kier molecular flexibility index (Phi) is 4.72. The lowest BCUT2D eigenvalue weighted by atomic mass is 9.90. The summed E-state index contributed by atoms with van der Waals surface area (Å²) in [7, 11) is 1.59. The lowest BCUT2D eigenvalue weighted by Crippen LogP contribution is -2.16. The predicted molar refractivity (Wildman–Crippen MR) is 98.1 cm³/mol. The van der Waals surface area contributed by atoms with Crippen molar-refractivity contribution in [3.63, 3.8) is 0 Å². The average molecular weight is 368 g/mol. The summed E-state index contributed by atoms with van der Waals surface area (Å²) >= 11 is 0. The van der Waals surface area contributed by atoms with Gasteiger partial charge in [-0.2, -0.15) is 0 Å². The summed E-state index contributed by atoms with van der Waals surface area (Å²) in [4.78, 5) is 25.4. The molecular weight excluding hydrogens is 348 g/mol. The predicted octanol–water partition coefficient (Wildman–Crippen LogP) is 3.08. The van der Waals surface area contributed by atoms with E-state index in [0.717, 1.165) is 37.1 Å². The first-order chi connectivity index (χ1) is 13.2. The van der Waals surface area contributed by atoms with Crippen LogP contribution < -0.4 is 10.1 Å². The van der Waals surface area contributed by atoms with Crippen molar-refractivity contribution in [2.45, 2.75) is 25.7 Å². The number of nitrogens with zero attached hydrogens (tertiary/aromatic N) is 3. The largest absolute Gasteiger partial charge is 0.494 e. The normalized spacial score (nSPS) is 15.0. The summed E-state index contributed by atoms with van der Waals surface area (Å²) in [6.45, 7) is 3.17. The Bertz CT molecular complexity index is 979. The monoisotopic (exact) mass is 368 g/mol. The van der Waals surface area contributed by atoms with Crippen LogP contribution in [0.15, 0.2) is 29.0 Å². The second-order valence-corrected chi connectivity index (χ2v) is 6.40. The van der Waals surface area contributed by atoms with Gasteiger partial charge in [0.25, 0.3) is 5.91 Å². The van der Waals surface area contributed by atoms with Crippen molar-refractivity contribution in [2.24, 2.45) is 0 Å². The summed E-state index contributed by atoms with van der Waals surface area (Å²) in [5, 5.41) is 2.70. The molecule has 1 amide bonds. The van der Waals surface area contributed by atoms with Crippen molar-refractivity contribution < 1.29 is 18.7 Å². The maximum Gasteiger partial charge on any atom is 0.278 e. The number of ether oxygens (including phenoxy) is 2. The number of methoxy groups -OCH3 is 1. The van der Waals surface area contributed by atoms with E-state index in [1.54, 1.807) is 20.2 Å². The van der Waals surface area contributed by atoms with Gasteiger partial charge in [0.2, 0.25) is 0 Å². The van der Waals surface area contributed by atoms with Crippen LogP contribution in [0.4, 0.5) is 5.82 Å². The lowest BCUT2D eigenvalue weighted by Gasteiger charge is -2.23. The van der Waals surface area contributed by atoms with E-state index in [1.165, 1.54) is 6.26 Å². The second-order valence-electron chi connectivity index (χ2n) is 6.40. The van der Waals surface area contributed by atoms with Gasteiger partial charge < -0.3 is 19.2 Å². The quantitative estimate of drug-likeness (QED) is 0.755. The SMILES string of the molecule is COc1ccc(C2CCOCC2)c2ncc(NC(=O)c3coc(C)n3)nc12. The molecule has 0 saturated carbocycles. The molecule has 1 aromatic carbocycles. The van der Waals surface area contributed by atoms with Crippen LogP contribution in [0.1, 0.15) is 40.7 Å². The van der Waals surface area contributed by atoms with E-state index in [0.29, 0.717) is 28.9 Å². The van der Waals surface area contributed by atoms with Gasteiger partial charge in [-0.25, -0.2) is 9.97 Å². The van der Waals surface area contributed by atoms with Crippen LogP contribution in [0.3, 0.4) is 0 Å². The standard InChI is InChI=1S/C19H20N4O4/c1-11-21-14(10-27-11)19(24)23-16-9-20-17-13(12-5-7-26-8-6-12)3-4-15(25-2)18(17)22-16/h3-4,9-10,12H,5-8H2,1-2H3,(H,22,23,24). The Morgan fingerprint density at radius 3 is 2.74 bits per heavy atom. The molecule has 3 aromatic rings. The second kappa shape index (κ2) is 7.32. The third-order valence-corrected chi connectivity index (χ3v) is 4.67. The molecule has 0 aliphatic carbocycles. The van der Waals surface area contributed by atoms with Gasteiger partial charge in [-0.05, 0) is 30.4 Å². The van der Waals surface area contributed by atoms with Gasteiger partial charge in [0, 0.05) is 20.1 Å². The van der Waals surface area contributed by atoms with Gasteiger partial charge in [0.1, 0.15) is 17.5 Å². The fourth-order valence-corrected chi connectivity index (χ4v) is 3.31. The summed E-state index contributed by atoms with van der Waals surface area (Å²) in [5.74, 6) is 1.34. The number of aromatic nitrogens is 3. The van der Waals surface area contributed by atoms with Crippen LogP contribution in [0.25, 0.3) is 11.0 Å². The molecule has 0 spiro atoms. The van der Waals surface area contributed by atoms with Gasteiger partial charge in [0.05, 0.1) is 18.8 Å². The van der Waals surface area contributed by atoms with E-state index in [-0.39, 0.29) is 5.69 Å². The minimum Gasteiger partial charge on any atom is -0.494 e. The number of anilines is 1. The average Bonchev–Trinajstić information content (AvgIpc) is 3.14. The van der Waals surface area contributed by atoms with Crippen LogP contribution in [0, 0.1) is 6.92 Å². The molecule has 0 radical (unpaired) electrons. The van der Waals surface area contributed by atoms with E-state index in [4.69, 9.17) is 13.9 Å². The van der Waals surface area contributed by atoms with Crippen LogP contribution in [-0.4, -0.2) is 41.2 Å². The molecule has 0 atom stereocenters. The molecule has 1 saturated heterocycles. The number of aryl methyl sites for hydroxylation is 1. The van der Waals surface area contributed by atoms with Gasteiger partial charge >= 0.3 is 0 Å². The van der Waals surface area contributed by atoms with Crippen molar-refractivity contribution in [1.82, 2.24) is 15.0 Å². The lowest BCUT2D eigenvalue weighted by molar-refractivity contribution is 0.0855. The summed E-state index contributed by atoms with van der Waals surface area (Å²) in [6, 6.07) is 3.94. The topological polar surface area (TPSA) is 99.4 Å². The Balaban J connectivity index is 1.69. The summed E-state index contributed by atoms with van der Waals surface area (Å²) < 4.78 is 16.0. The highest BCUT2D eigenvalue weighted by Gasteiger charge is 2.21. The van der Waals surface area contributed by atoms with E-state index in [1.807, 2.05) is 12.1 Å². The number of hydrogen-bond donors (Lipinski definition) is 1. The first kappa shape index (κ1) is 17.4. The number of carbonyl (C=O) groups is 1.